The van der Waals surface area contributed by atoms with Crippen molar-refractivity contribution in [3.05, 3.63) is 12.2 Å². The number of carboxylic acid groups (broad SMARTS) is 4. The van der Waals surface area contributed by atoms with Crippen LogP contribution in [0.2, 0.25) is 0 Å². The zero-order valence-electron chi connectivity index (χ0n) is 71.3. The van der Waals surface area contributed by atoms with Gasteiger partial charge in [-0.3, -0.25) is 106 Å². The molecule has 0 aromatic heterocycles. The normalized spacial score (nSPS) is 21.2. The van der Waals surface area contributed by atoms with Crippen molar-refractivity contribution >= 4 is 124 Å². The van der Waals surface area contributed by atoms with Crippen LogP contribution in [-0.2, 0) is 105 Å². The molecule has 12 unspecified atom stereocenters. The quantitative estimate of drug-likeness (QED) is 0.0259. The van der Waals surface area contributed by atoms with Gasteiger partial charge < -0.3 is 118 Å². The Labute approximate surface area is 696 Å². The summed E-state index contributed by atoms with van der Waals surface area (Å²) < 4.78 is 5.63. The average molecular weight is 1710 g/mol. The summed E-state index contributed by atoms with van der Waals surface area (Å²) in [5.41, 5.74) is 0. The monoisotopic (exact) mass is 1710 g/mol. The molecule has 16 N–H and O–H groups in total. The third-order valence-corrected chi connectivity index (χ3v) is 19.1. The van der Waals surface area contributed by atoms with Crippen LogP contribution < -0.4 is 58.5 Å². The topological polar surface area (TPSA) is 624 Å². The molecule has 0 aliphatic carbocycles. The number of rotatable bonds is 36. The van der Waals surface area contributed by atoms with Crippen LogP contribution in [0.4, 0.5) is 0 Å². The number of ether oxygens (including phenoxy) is 1. The number of carbonyl (C=O) groups is 21. The molecule has 0 aromatic carbocycles. The summed E-state index contributed by atoms with van der Waals surface area (Å²) in [7, 11) is 9.28. The Morgan fingerprint density at radius 2 is 1.00 bits per heavy atom. The Morgan fingerprint density at radius 1 is 0.508 bits per heavy atom. The molecule has 1 fully saturated rings. The fraction of sp³-hybridized carbons (Fsp3) is 0.693. The van der Waals surface area contributed by atoms with Crippen molar-refractivity contribution < 1.29 is 131 Å². The molecule has 0 spiro atoms. The number of aliphatic carboxylic acids is 4. The number of hydrogen-bond acceptors (Lipinski definition) is 24. The molecule has 45 heteroatoms. The van der Waals surface area contributed by atoms with Crippen LogP contribution in [-0.4, -0.2) is 366 Å². The van der Waals surface area contributed by atoms with Crippen molar-refractivity contribution in [1.29, 1.82) is 0 Å². The summed E-state index contributed by atoms with van der Waals surface area (Å²) in [5.74, 6) is -23.7. The number of nitrogens with zero attached hydrogens (tertiary/aromatic N) is 7. The van der Waals surface area contributed by atoms with Crippen molar-refractivity contribution in [1.82, 2.24) is 92.8 Å². The molecular formula is C75H124N18O27. The molecule has 1 aliphatic rings. The van der Waals surface area contributed by atoms with Crippen LogP contribution in [0.3, 0.4) is 0 Å². The SMILES string of the molecule is CC=CCC(C)CC1C(=O)NCC(=O)N(C)CC(=O)N(C)C(CC(C)C)C(=O)NC(C(C)C)C(=O)N(C)CC(=O)NC(C)C(=O)NC(COCC(=O)NCC(=O)NCC(=O)NC(CCC(=O)O)C(=O)NC(CC(=O)O)C(=O)NC(CCC(=O)O)C(=O)NCC(=O)NCC(=O)O)C(=O)N(C)C(CC)C(O)N(C)C(CC(C)C)C(=O)N(C)CC(=O)N1C. The van der Waals surface area contributed by atoms with Gasteiger partial charge in [-0.25, -0.2) is 0 Å². The molecule has 45 nitrogen and oxygen atoms in total. The maximum Gasteiger partial charge on any atom is 0.322 e. The predicted molar refractivity (Wildman–Crippen MR) is 424 cm³/mol. The summed E-state index contributed by atoms with van der Waals surface area (Å²) in [5, 5.41) is 74.1. The van der Waals surface area contributed by atoms with Gasteiger partial charge in [0, 0.05) is 55.1 Å². The summed E-state index contributed by atoms with van der Waals surface area (Å²) in [6, 6.07) is -15.3. The highest BCUT2D eigenvalue weighted by molar-refractivity contribution is 6.00. The van der Waals surface area contributed by atoms with Crippen LogP contribution in [0, 0.1) is 23.7 Å². The smallest absolute Gasteiger partial charge is 0.322 e. The maximum absolute atomic E-state index is 14.9. The van der Waals surface area contributed by atoms with E-state index >= 15 is 0 Å². The van der Waals surface area contributed by atoms with Gasteiger partial charge in [0.25, 0.3) is 0 Å². The van der Waals surface area contributed by atoms with E-state index in [1.807, 2.05) is 41.9 Å². The zero-order valence-corrected chi connectivity index (χ0v) is 71.3. The van der Waals surface area contributed by atoms with E-state index in [1.54, 1.807) is 48.5 Å². The number of carbonyl (C=O) groups excluding carboxylic acids is 17. The lowest BCUT2D eigenvalue weighted by atomic mass is 9.96. The molecule has 1 saturated heterocycles. The predicted octanol–water partition coefficient (Wildman–Crippen LogP) is -6.56. The number of amides is 17. The van der Waals surface area contributed by atoms with Crippen LogP contribution in [0.15, 0.2) is 12.2 Å². The van der Waals surface area contributed by atoms with Crippen LogP contribution in [0.5, 0.6) is 0 Å². The Morgan fingerprint density at radius 3 is 1.52 bits per heavy atom. The molecular weight excluding hydrogens is 1580 g/mol. The van der Waals surface area contributed by atoms with Gasteiger partial charge in [0.1, 0.15) is 67.7 Å². The molecule has 0 bridgehead atoms. The minimum absolute atomic E-state index is 0.0391. The Bertz CT molecular complexity index is 3650. The minimum Gasteiger partial charge on any atom is -0.481 e. The number of hydrogen-bond donors (Lipinski definition) is 16. The lowest BCUT2D eigenvalue weighted by Crippen LogP contribution is -2.61. The third-order valence-electron chi connectivity index (χ3n) is 19.1. The van der Waals surface area contributed by atoms with E-state index in [9.17, 15) is 121 Å². The van der Waals surface area contributed by atoms with Crippen molar-refractivity contribution in [3.63, 3.8) is 0 Å². The van der Waals surface area contributed by atoms with Gasteiger partial charge in [0.2, 0.25) is 100 Å². The van der Waals surface area contributed by atoms with Crippen molar-refractivity contribution in [3.8, 4) is 0 Å². The van der Waals surface area contributed by atoms with Crippen molar-refractivity contribution in [2.75, 3.05) is 115 Å². The zero-order chi connectivity index (χ0) is 91.9. The second-order valence-corrected chi connectivity index (χ2v) is 30.6. The van der Waals surface area contributed by atoms with Crippen molar-refractivity contribution in [2.45, 2.75) is 200 Å². The Balaban J connectivity index is 3.79. The van der Waals surface area contributed by atoms with Crippen molar-refractivity contribution in [2.24, 2.45) is 23.7 Å². The van der Waals surface area contributed by atoms with E-state index in [4.69, 9.17) is 9.84 Å². The molecule has 1 heterocycles. The summed E-state index contributed by atoms with van der Waals surface area (Å²) in [4.78, 5) is 287. The van der Waals surface area contributed by atoms with E-state index in [0.717, 1.165) is 29.4 Å². The van der Waals surface area contributed by atoms with E-state index in [1.165, 1.54) is 61.2 Å². The van der Waals surface area contributed by atoms with Gasteiger partial charge in [-0.2, -0.15) is 0 Å². The number of aliphatic hydroxyl groups is 1. The van der Waals surface area contributed by atoms with Crippen LogP contribution in [0.25, 0.3) is 0 Å². The fourth-order valence-corrected chi connectivity index (χ4v) is 12.1. The summed E-state index contributed by atoms with van der Waals surface area (Å²) in [6.07, 6.45) is -1.53. The van der Waals surface area contributed by atoms with Gasteiger partial charge in [-0.05, 0) is 89.5 Å². The number of allylic oxidation sites excluding steroid dienone is 2. The third kappa shape index (κ3) is 38.5. The standard InChI is InChI=1S/C75H124N18O27/c1-18-20-21-43(9)28-51-70(114)80-33-58(99)87(11)36-59(100)90(14)50(26-40(3)4)71(115)86-65(42(7)8)75(119)88(12)35-56(97)81-44(10)66(110)85-48(72(116)92(16)49(19-2)74(118)93(17)52(27-41(5)6)73(117)89(13)37-60(101)91(51)15)38-120-39-57(98)77-30-53(94)76-32-55(96)82-46(23-25-62(104)105)68(112)84-47(29-63(106)107)69(113)83-45(22-24-61(102)103)67(111)79-31-54(95)78-34-64(108)109/h18,20,40-52,65,74,118H,19,21-39H2,1-17H3,(H,76,94)(H,77,98)(H,78,95)(H,79,111)(H,80,114)(H,81,97)(H,82,96)(H,83,113)(H,84,112)(H,85,110)(H,86,115)(H,102,103)(H,104,105)(H,106,107)(H,108,109). The largest absolute Gasteiger partial charge is 0.481 e. The van der Waals surface area contributed by atoms with Gasteiger partial charge in [-0.15, -0.1) is 0 Å². The molecule has 12 atom stereocenters. The first-order valence-corrected chi connectivity index (χ1v) is 39.0. The first-order valence-electron chi connectivity index (χ1n) is 39.0. The second-order valence-electron chi connectivity index (χ2n) is 30.6. The first-order chi connectivity index (χ1) is 55.9. The van der Waals surface area contributed by atoms with Gasteiger partial charge in [-0.1, -0.05) is 67.5 Å². The van der Waals surface area contributed by atoms with Gasteiger partial charge in [0.15, 0.2) is 0 Å². The second kappa shape index (κ2) is 53.1. The molecule has 1 rings (SSSR count). The molecule has 120 heavy (non-hydrogen) atoms. The lowest BCUT2D eigenvalue weighted by molar-refractivity contribution is -0.153. The van der Waals surface area contributed by atoms with Gasteiger partial charge in [0.05, 0.1) is 70.9 Å². The summed E-state index contributed by atoms with van der Waals surface area (Å²) >= 11 is 0. The highest BCUT2D eigenvalue weighted by Crippen LogP contribution is 2.23. The molecule has 676 valence electrons. The fourth-order valence-electron chi connectivity index (χ4n) is 12.1. The molecule has 0 saturated carbocycles. The Kier molecular flexibility index (Phi) is 47.1. The van der Waals surface area contributed by atoms with Crippen LogP contribution >= 0.6 is 0 Å². The number of nitrogens with one attached hydrogen (secondary N) is 11. The number of aliphatic hydroxyl groups excluding tert-OH is 1. The number of likely N-dealkylation sites (N-methyl/N-ethyl adjacent to an activating group) is 7. The van der Waals surface area contributed by atoms with Gasteiger partial charge >= 0.3 is 23.9 Å². The van der Waals surface area contributed by atoms with E-state index in [2.05, 4.69) is 42.5 Å². The molecule has 0 aromatic rings. The molecule has 1 aliphatic heterocycles. The summed E-state index contributed by atoms with van der Waals surface area (Å²) in [6.45, 7) is 8.99. The van der Waals surface area contributed by atoms with E-state index < -0.39 is 295 Å². The lowest BCUT2D eigenvalue weighted by Gasteiger charge is -2.41. The first kappa shape index (κ1) is 106. The highest BCUT2D eigenvalue weighted by atomic mass is 16.5. The average Bonchev–Trinajstić information content (AvgIpc) is 0.818. The molecule has 17 amide bonds. The van der Waals surface area contributed by atoms with E-state index in [0.29, 0.717) is 6.42 Å². The maximum atomic E-state index is 14.9. The highest BCUT2D eigenvalue weighted by Gasteiger charge is 2.42. The minimum atomic E-state index is -2.11. The van der Waals surface area contributed by atoms with Crippen LogP contribution in [0.1, 0.15) is 133 Å². The Hall–Kier alpha value is -11.5. The molecule has 0 radical (unpaired) electrons. The number of carboxylic acids is 4. The van der Waals surface area contributed by atoms with E-state index in [-0.39, 0.29) is 43.4 Å².